The minimum Gasteiger partial charge on any atom is -0.375 e. The van der Waals surface area contributed by atoms with Crippen molar-refractivity contribution in [1.29, 1.82) is 0 Å². The van der Waals surface area contributed by atoms with Crippen LogP contribution < -0.4 is 0 Å². The summed E-state index contributed by atoms with van der Waals surface area (Å²) in [5.41, 5.74) is 1.39. The Bertz CT molecular complexity index is 477. The number of likely N-dealkylation sites (tertiary alicyclic amines) is 1. The monoisotopic (exact) mass is 288 g/mol. The molecule has 1 aliphatic carbocycles. The molecule has 0 aromatic carbocycles. The summed E-state index contributed by atoms with van der Waals surface area (Å²) in [5.74, 6) is 0.841. The van der Waals surface area contributed by atoms with Crippen LogP contribution in [0.4, 0.5) is 0 Å². The SMILES string of the molecule is c1cc(CN2CC[C@@]3(C[C@H](OCC4CC4)CO3)C2)ccn1. The van der Waals surface area contributed by atoms with Crippen molar-refractivity contribution in [3.63, 3.8) is 0 Å². The van der Waals surface area contributed by atoms with Gasteiger partial charge in [0.15, 0.2) is 0 Å². The van der Waals surface area contributed by atoms with E-state index < -0.39 is 0 Å². The van der Waals surface area contributed by atoms with Gasteiger partial charge >= 0.3 is 0 Å². The second-order valence-corrected chi connectivity index (χ2v) is 6.91. The Balaban J connectivity index is 1.29. The highest BCUT2D eigenvalue weighted by atomic mass is 16.6. The molecule has 1 aromatic rings. The highest BCUT2D eigenvalue weighted by Crippen LogP contribution is 2.38. The van der Waals surface area contributed by atoms with Gasteiger partial charge in [0, 0.05) is 45.1 Å². The summed E-state index contributed by atoms with van der Waals surface area (Å²) < 4.78 is 12.2. The maximum absolute atomic E-state index is 6.16. The van der Waals surface area contributed by atoms with Gasteiger partial charge in [0.1, 0.15) is 0 Å². The number of hydrogen-bond acceptors (Lipinski definition) is 4. The van der Waals surface area contributed by atoms with E-state index in [1.165, 1.54) is 18.4 Å². The van der Waals surface area contributed by atoms with Crippen molar-refractivity contribution in [2.45, 2.75) is 43.9 Å². The van der Waals surface area contributed by atoms with E-state index in [2.05, 4.69) is 22.0 Å². The lowest BCUT2D eigenvalue weighted by atomic mass is 9.98. The molecule has 4 heteroatoms. The molecule has 2 aliphatic heterocycles. The zero-order valence-corrected chi connectivity index (χ0v) is 12.5. The third kappa shape index (κ3) is 3.28. The van der Waals surface area contributed by atoms with Gasteiger partial charge in [0.2, 0.25) is 0 Å². The molecule has 0 unspecified atom stereocenters. The molecule has 3 fully saturated rings. The molecule has 1 aromatic heterocycles. The molecular formula is C17H24N2O2. The molecular weight excluding hydrogens is 264 g/mol. The van der Waals surface area contributed by atoms with Crippen LogP contribution in [0.1, 0.15) is 31.2 Å². The Morgan fingerprint density at radius 1 is 1.33 bits per heavy atom. The van der Waals surface area contributed by atoms with E-state index in [0.29, 0.717) is 6.10 Å². The smallest absolute Gasteiger partial charge is 0.0847 e. The second kappa shape index (κ2) is 5.67. The van der Waals surface area contributed by atoms with E-state index in [-0.39, 0.29) is 5.60 Å². The summed E-state index contributed by atoms with van der Waals surface area (Å²) in [4.78, 5) is 6.58. The zero-order chi connectivity index (χ0) is 14.1. The number of aromatic nitrogens is 1. The van der Waals surface area contributed by atoms with Crippen LogP contribution in [0.3, 0.4) is 0 Å². The number of ether oxygens (including phenoxy) is 2. The Kier molecular flexibility index (Phi) is 3.69. The number of pyridine rings is 1. The maximum Gasteiger partial charge on any atom is 0.0847 e. The molecule has 0 radical (unpaired) electrons. The van der Waals surface area contributed by atoms with Gasteiger partial charge < -0.3 is 9.47 Å². The van der Waals surface area contributed by atoms with E-state index in [4.69, 9.17) is 9.47 Å². The topological polar surface area (TPSA) is 34.6 Å². The molecule has 114 valence electrons. The fourth-order valence-corrected chi connectivity index (χ4v) is 3.56. The van der Waals surface area contributed by atoms with Crippen molar-refractivity contribution in [2.24, 2.45) is 5.92 Å². The quantitative estimate of drug-likeness (QED) is 0.832. The number of nitrogens with zero attached hydrogens (tertiary/aromatic N) is 2. The first-order valence-electron chi connectivity index (χ1n) is 8.18. The second-order valence-electron chi connectivity index (χ2n) is 6.91. The van der Waals surface area contributed by atoms with Crippen LogP contribution in [0.25, 0.3) is 0 Å². The van der Waals surface area contributed by atoms with E-state index in [9.17, 15) is 0 Å². The molecule has 4 rings (SSSR count). The molecule has 2 atom stereocenters. The van der Waals surface area contributed by atoms with Crippen molar-refractivity contribution in [2.75, 3.05) is 26.3 Å². The molecule has 2 saturated heterocycles. The molecule has 0 N–H and O–H groups in total. The van der Waals surface area contributed by atoms with Crippen LogP contribution in [-0.4, -0.2) is 47.9 Å². The average molecular weight is 288 g/mol. The summed E-state index contributed by atoms with van der Waals surface area (Å²) in [7, 11) is 0. The largest absolute Gasteiger partial charge is 0.375 e. The van der Waals surface area contributed by atoms with Gasteiger partial charge in [0.05, 0.1) is 18.3 Å². The van der Waals surface area contributed by atoms with Gasteiger partial charge in [-0.05, 0) is 42.9 Å². The minimum atomic E-state index is 0.0568. The van der Waals surface area contributed by atoms with Crippen LogP contribution >= 0.6 is 0 Å². The molecule has 3 heterocycles. The molecule has 3 aliphatic rings. The van der Waals surface area contributed by atoms with E-state index in [1.54, 1.807) is 0 Å². The third-order valence-corrected chi connectivity index (χ3v) is 4.99. The van der Waals surface area contributed by atoms with Gasteiger partial charge in [0.25, 0.3) is 0 Å². The minimum absolute atomic E-state index is 0.0568. The predicted molar refractivity (Wildman–Crippen MR) is 79.9 cm³/mol. The normalized spacial score (nSPS) is 33.0. The molecule has 0 amide bonds. The molecule has 1 saturated carbocycles. The average Bonchev–Trinajstić information content (AvgIpc) is 3.15. The van der Waals surface area contributed by atoms with Crippen molar-refractivity contribution in [3.8, 4) is 0 Å². The summed E-state index contributed by atoms with van der Waals surface area (Å²) in [6.45, 7) is 4.90. The van der Waals surface area contributed by atoms with Crippen LogP contribution in [0.15, 0.2) is 24.5 Å². The molecule has 4 nitrogen and oxygen atoms in total. The van der Waals surface area contributed by atoms with Crippen LogP contribution in [-0.2, 0) is 16.0 Å². The van der Waals surface area contributed by atoms with Gasteiger partial charge in [-0.3, -0.25) is 9.88 Å². The lowest BCUT2D eigenvalue weighted by Crippen LogP contribution is -2.33. The lowest BCUT2D eigenvalue weighted by Gasteiger charge is -2.23. The zero-order valence-electron chi connectivity index (χ0n) is 12.5. The fourth-order valence-electron chi connectivity index (χ4n) is 3.56. The van der Waals surface area contributed by atoms with Gasteiger partial charge in [-0.15, -0.1) is 0 Å². The maximum atomic E-state index is 6.16. The van der Waals surface area contributed by atoms with Crippen LogP contribution in [0.2, 0.25) is 0 Å². The first-order valence-corrected chi connectivity index (χ1v) is 8.18. The molecule has 1 spiro atoms. The highest BCUT2D eigenvalue weighted by Gasteiger charge is 2.46. The Hall–Kier alpha value is -0.970. The van der Waals surface area contributed by atoms with Crippen molar-refractivity contribution in [1.82, 2.24) is 9.88 Å². The number of rotatable bonds is 5. The summed E-state index contributed by atoms with van der Waals surface area (Å²) >= 11 is 0. The van der Waals surface area contributed by atoms with Crippen LogP contribution in [0, 0.1) is 5.92 Å². The Morgan fingerprint density at radius 3 is 3.00 bits per heavy atom. The highest BCUT2D eigenvalue weighted by molar-refractivity contribution is 5.10. The summed E-state index contributed by atoms with van der Waals surface area (Å²) in [6.07, 6.45) is 9.00. The van der Waals surface area contributed by atoms with E-state index in [1.807, 2.05) is 12.4 Å². The number of hydrogen-bond donors (Lipinski definition) is 0. The Morgan fingerprint density at radius 2 is 2.19 bits per heavy atom. The van der Waals surface area contributed by atoms with E-state index in [0.717, 1.165) is 51.6 Å². The summed E-state index contributed by atoms with van der Waals surface area (Å²) in [6, 6.07) is 4.20. The molecule has 0 bridgehead atoms. The van der Waals surface area contributed by atoms with Crippen molar-refractivity contribution in [3.05, 3.63) is 30.1 Å². The first-order chi connectivity index (χ1) is 10.3. The standard InChI is InChI=1S/C17H24N2O2/c1-2-15(1)11-20-16-9-17(21-12-16)5-8-19(13-17)10-14-3-6-18-7-4-14/h3-4,6-7,15-16H,1-2,5,8-13H2/t16-,17+/m0/s1. The first kappa shape index (κ1) is 13.7. The van der Waals surface area contributed by atoms with Crippen molar-refractivity contribution >= 4 is 0 Å². The Labute approximate surface area is 126 Å². The van der Waals surface area contributed by atoms with Crippen molar-refractivity contribution < 1.29 is 9.47 Å². The van der Waals surface area contributed by atoms with Crippen LogP contribution in [0.5, 0.6) is 0 Å². The van der Waals surface area contributed by atoms with E-state index >= 15 is 0 Å². The third-order valence-electron chi connectivity index (χ3n) is 4.99. The van der Waals surface area contributed by atoms with Gasteiger partial charge in [-0.1, -0.05) is 0 Å². The molecule has 21 heavy (non-hydrogen) atoms. The lowest BCUT2D eigenvalue weighted by molar-refractivity contribution is 0.000854. The van der Waals surface area contributed by atoms with Gasteiger partial charge in [-0.2, -0.15) is 0 Å². The summed E-state index contributed by atoms with van der Waals surface area (Å²) in [5, 5.41) is 0. The fraction of sp³-hybridized carbons (Fsp3) is 0.706. The van der Waals surface area contributed by atoms with Gasteiger partial charge in [-0.25, -0.2) is 0 Å². The predicted octanol–water partition coefficient (Wildman–Crippen LogP) is 2.24.